The first kappa shape index (κ1) is 29.7. The summed E-state index contributed by atoms with van der Waals surface area (Å²) in [7, 11) is 4.02. The molecule has 0 aliphatic carbocycles. The third-order valence-electron chi connectivity index (χ3n) is 5.51. The molecule has 0 aromatic heterocycles. The molecular weight excluding hydrogens is 493 g/mol. The molecule has 1 saturated heterocycles. The number of ketones is 1. The molecular formula is C26H37F3N2O2S2. The number of rotatable bonds is 9. The number of nitrogens with one attached hydrogen (secondary N) is 1. The molecule has 2 aliphatic heterocycles. The van der Waals surface area contributed by atoms with Gasteiger partial charge in [-0.1, -0.05) is 73.0 Å². The maximum absolute atomic E-state index is 12.9. The summed E-state index contributed by atoms with van der Waals surface area (Å²) in [5.74, 6) is 1.45. The first-order valence-electron chi connectivity index (χ1n) is 12.1. The minimum Gasteiger partial charge on any atom is -0.354 e. The topological polar surface area (TPSA) is 58.5 Å². The molecule has 1 aromatic carbocycles. The fourth-order valence-electron chi connectivity index (χ4n) is 3.63. The van der Waals surface area contributed by atoms with Crippen molar-refractivity contribution < 1.29 is 22.8 Å². The van der Waals surface area contributed by atoms with Gasteiger partial charge in [-0.05, 0) is 44.1 Å². The third kappa shape index (κ3) is 9.83. The second-order valence-electron chi connectivity index (χ2n) is 10.6. The van der Waals surface area contributed by atoms with Crippen molar-refractivity contribution >= 4 is 39.5 Å². The van der Waals surface area contributed by atoms with Gasteiger partial charge >= 0.3 is 6.18 Å². The fourth-order valence-corrected chi connectivity index (χ4v) is 6.66. The van der Waals surface area contributed by atoms with Crippen LogP contribution < -0.4 is 5.32 Å². The Morgan fingerprint density at radius 3 is 2.23 bits per heavy atom. The maximum atomic E-state index is 12.9. The van der Waals surface area contributed by atoms with Crippen molar-refractivity contribution in [2.24, 2.45) is 10.4 Å². The molecule has 35 heavy (non-hydrogen) atoms. The van der Waals surface area contributed by atoms with Crippen molar-refractivity contribution in [3.05, 3.63) is 35.4 Å². The lowest BCUT2D eigenvalue weighted by atomic mass is 9.87. The number of amides is 1. The van der Waals surface area contributed by atoms with E-state index in [2.05, 4.69) is 10.3 Å². The highest BCUT2D eigenvalue weighted by atomic mass is 33.1. The van der Waals surface area contributed by atoms with E-state index in [4.69, 9.17) is 0 Å². The van der Waals surface area contributed by atoms with Gasteiger partial charge in [-0.3, -0.25) is 14.6 Å². The minimum atomic E-state index is -4.43. The molecule has 2 heterocycles. The summed E-state index contributed by atoms with van der Waals surface area (Å²) in [6.07, 6.45) is 2.39. The van der Waals surface area contributed by atoms with Crippen LogP contribution in [0.15, 0.2) is 29.3 Å². The molecule has 0 radical (unpaired) electrons. The number of Topliss-reactive ketones (excluding diaryl/α,β-unsaturated/α-hetero) is 1. The molecule has 0 bridgehead atoms. The minimum absolute atomic E-state index is 0.0531. The summed E-state index contributed by atoms with van der Waals surface area (Å²) in [5, 5.41) is 3.77. The fraction of sp³-hybridized carbons (Fsp3) is 0.654. The van der Waals surface area contributed by atoms with Crippen LogP contribution in [0.1, 0.15) is 89.1 Å². The van der Waals surface area contributed by atoms with Crippen molar-refractivity contribution in [3.8, 4) is 0 Å². The highest BCUT2D eigenvalue weighted by Gasteiger charge is 2.61. The van der Waals surface area contributed by atoms with E-state index in [0.717, 1.165) is 17.9 Å². The molecule has 2 aliphatic rings. The van der Waals surface area contributed by atoms with Gasteiger partial charge < -0.3 is 5.32 Å². The van der Waals surface area contributed by atoms with Crippen LogP contribution in [0.2, 0.25) is 0 Å². The van der Waals surface area contributed by atoms with Gasteiger partial charge in [-0.25, -0.2) is 0 Å². The Bertz CT molecular complexity index is 866. The van der Waals surface area contributed by atoms with Gasteiger partial charge in [-0.15, -0.1) is 0 Å². The second-order valence-corrected chi connectivity index (χ2v) is 13.3. The van der Waals surface area contributed by atoms with Crippen LogP contribution in [0.4, 0.5) is 13.2 Å². The molecule has 1 aromatic rings. The number of alkyl halides is 3. The molecule has 9 heteroatoms. The molecule has 3 rings (SSSR count). The second kappa shape index (κ2) is 12.7. The van der Waals surface area contributed by atoms with Crippen molar-refractivity contribution in [1.82, 2.24) is 5.32 Å². The number of halogens is 3. The Morgan fingerprint density at radius 1 is 1.14 bits per heavy atom. The van der Waals surface area contributed by atoms with Gasteiger partial charge in [0.2, 0.25) is 11.4 Å². The van der Waals surface area contributed by atoms with E-state index in [9.17, 15) is 22.8 Å². The number of nitrogens with zero attached hydrogens (tertiary/aromatic N) is 1. The Balaban J connectivity index is 0.000000258. The van der Waals surface area contributed by atoms with Gasteiger partial charge in [0, 0.05) is 41.7 Å². The number of unbranched alkanes of at least 4 members (excludes halogenated alkanes) is 1. The van der Waals surface area contributed by atoms with E-state index in [1.54, 1.807) is 0 Å². The predicted molar refractivity (Wildman–Crippen MR) is 141 cm³/mol. The first-order chi connectivity index (χ1) is 16.2. The molecule has 2 atom stereocenters. The van der Waals surface area contributed by atoms with Gasteiger partial charge in [0.15, 0.2) is 5.78 Å². The van der Waals surface area contributed by atoms with Gasteiger partial charge in [-0.2, -0.15) is 13.2 Å². The van der Waals surface area contributed by atoms with Gasteiger partial charge in [0.25, 0.3) is 0 Å². The number of hydrogen-bond donors (Lipinski definition) is 1. The van der Waals surface area contributed by atoms with Crippen molar-refractivity contribution in [2.45, 2.75) is 96.2 Å². The molecule has 1 amide bonds. The van der Waals surface area contributed by atoms with Crippen LogP contribution in [-0.4, -0.2) is 41.1 Å². The van der Waals surface area contributed by atoms with Gasteiger partial charge in [0.1, 0.15) is 0 Å². The standard InChI is InChI=1S/C15H16F3NO.C11H21NOS2/c1-13(2,3)8-12(20)10-4-6-11(7-5-10)14(9-19-14)15(16,17)18;1-9(2)12-11(13)6-4-3-5-10-7-8-14-15-10/h4-7,9H,8H2,1-3H3;9-10H,3-8H2,1-2H3,(H,12,13). The average molecular weight is 531 g/mol. The number of carbonyl (C=O) groups is 2. The lowest BCUT2D eigenvalue weighted by Crippen LogP contribution is -2.31. The molecule has 196 valence electrons. The Hall–Kier alpha value is -1.48. The molecule has 1 N–H and O–H groups in total. The molecule has 2 unspecified atom stereocenters. The average Bonchev–Trinajstić information content (AvgIpc) is 3.41. The highest BCUT2D eigenvalue weighted by molar-refractivity contribution is 8.77. The van der Waals surface area contributed by atoms with E-state index >= 15 is 0 Å². The van der Waals surface area contributed by atoms with Crippen LogP contribution >= 0.6 is 21.6 Å². The predicted octanol–water partition coefficient (Wildman–Crippen LogP) is 7.37. The van der Waals surface area contributed by atoms with E-state index in [1.165, 1.54) is 49.3 Å². The lowest BCUT2D eigenvalue weighted by molar-refractivity contribution is -0.156. The zero-order valence-corrected chi connectivity index (χ0v) is 22.8. The monoisotopic (exact) mass is 530 g/mol. The van der Waals surface area contributed by atoms with E-state index in [1.807, 2.05) is 56.2 Å². The Kier molecular flexibility index (Phi) is 10.8. The number of hydrogen-bond acceptors (Lipinski definition) is 5. The lowest BCUT2D eigenvalue weighted by Gasteiger charge is -2.19. The van der Waals surface area contributed by atoms with Gasteiger partial charge in [0.05, 0.1) is 0 Å². The number of aliphatic imine (C=N–C) groups is 1. The summed E-state index contributed by atoms with van der Waals surface area (Å²) in [5.41, 5.74) is -1.83. The van der Waals surface area contributed by atoms with Crippen LogP contribution in [0.25, 0.3) is 0 Å². The summed E-state index contributed by atoms with van der Waals surface area (Å²) < 4.78 is 38.6. The molecule has 1 fully saturated rings. The molecule has 4 nitrogen and oxygen atoms in total. The van der Waals surface area contributed by atoms with Crippen molar-refractivity contribution in [2.75, 3.05) is 5.75 Å². The summed E-state index contributed by atoms with van der Waals surface area (Å²) in [4.78, 5) is 26.7. The highest BCUT2D eigenvalue weighted by Crippen LogP contribution is 2.47. The summed E-state index contributed by atoms with van der Waals surface area (Å²) in [6.45, 7) is 9.83. The largest absolute Gasteiger partial charge is 0.422 e. The summed E-state index contributed by atoms with van der Waals surface area (Å²) in [6, 6.07) is 5.82. The van der Waals surface area contributed by atoms with E-state index in [-0.39, 0.29) is 28.7 Å². The number of carbonyl (C=O) groups excluding carboxylic acids is 2. The van der Waals surface area contributed by atoms with Crippen LogP contribution in [0, 0.1) is 5.41 Å². The zero-order chi connectivity index (χ0) is 26.3. The SMILES string of the molecule is CC(C)(C)CC(=O)c1ccc(C2(C(F)(F)F)C=N2)cc1.CC(C)NC(=O)CCCCC1CCSS1. The van der Waals surface area contributed by atoms with Crippen LogP contribution in [-0.2, 0) is 10.3 Å². The van der Waals surface area contributed by atoms with E-state index < -0.39 is 11.7 Å². The summed E-state index contributed by atoms with van der Waals surface area (Å²) >= 11 is 0. The zero-order valence-electron chi connectivity index (χ0n) is 21.2. The van der Waals surface area contributed by atoms with Crippen molar-refractivity contribution in [1.29, 1.82) is 0 Å². The normalized spacial score (nSPS) is 21.5. The van der Waals surface area contributed by atoms with Crippen LogP contribution in [0.3, 0.4) is 0 Å². The van der Waals surface area contributed by atoms with Crippen molar-refractivity contribution in [3.63, 3.8) is 0 Å². The first-order valence-corrected chi connectivity index (χ1v) is 14.5. The smallest absolute Gasteiger partial charge is 0.354 e. The Labute approximate surface area is 215 Å². The molecule has 0 spiro atoms. The Morgan fingerprint density at radius 2 is 1.77 bits per heavy atom. The quantitative estimate of drug-likeness (QED) is 0.206. The maximum Gasteiger partial charge on any atom is 0.422 e. The third-order valence-corrected chi connectivity index (χ3v) is 8.52. The van der Waals surface area contributed by atoms with Crippen LogP contribution in [0.5, 0.6) is 0 Å². The van der Waals surface area contributed by atoms with E-state index in [0.29, 0.717) is 18.4 Å². The molecule has 0 saturated carbocycles. The number of benzene rings is 1.